The number of nitrogens with one attached hydrogen (secondary N) is 1. The Morgan fingerprint density at radius 3 is 2.80 bits per heavy atom. The maximum atomic E-state index is 11.5. The zero-order valence-electron chi connectivity index (χ0n) is 9.54. The number of ether oxygens (including phenoxy) is 1. The first kappa shape index (κ1) is 12.6. The summed E-state index contributed by atoms with van der Waals surface area (Å²) in [5.41, 5.74) is 0.645. The first-order chi connectivity index (χ1) is 6.87. The first-order valence-corrected chi connectivity index (χ1v) is 5.70. The van der Waals surface area contributed by atoms with E-state index in [-0.39, 0.29) is 5.97 Å². The third-order valence-electron chi connectivity index (χ3n) is 1.96. The van der Waals surface area contributed by atoms with Crippen LogP contribution in [0.2, 0.25) is 0 Å². The second-order valence-corrected chi connectivity index (χ2v) is 5.56. The summed E-state index contributed by atoms with van der Waals surface area (Å²) in [6.45, 7) is 7.25. The summed E-state index contributed by atoms with van der Waals surface area (Å²) < 4.78 is 5.21. The molecule has 0 aromatic rings. The van der Waals surface area contributed by atoms with Gasteiger partial charge in [0.05, 0.1) is 0 Å². The lowest BCUT2D eigenvalue weighted by atomic mass is 10.1. The molecule has 1 fully saturated rings. The van der Waals surface area contributed by atoms with Crippen LogP contribution in [0.25, 0.3) is 0 Å². The van der Waals surface area contributed by atoms with Crippen LogP contribution in [-0.2, 0) is 9.53 Å². The van der Waals surface area contributed by atoms with Gasteiger partial charge in [0.15, 0.2) is 0 Å². The third kappa shape index (κ3) is 5.23. The van der Waals surface area contributed by atoms with Crippen LogP contribution in [0.3, 0.4) is 0 Å². The number of piperidine rings is 1. The normalized spacial score (nSPS) is 25.3. The highest BCUT2D eigenvalue weighted by molar-refractivity contribution is 7.81. The average molecular weight is 229 g/mol. The molecule has 0 spiro atoms. The highest BCUT2D eigenvalue weighted by atomic mass is 32.1. The topological polar surface area (TPSA) is 38.3 Å². The van der Waals surface area contributed by atoms with Crippen LogP contribution in [0, 0.1) is 0 Å². The van der Waals surface area contributed by atoms with Gasteiger partial charge in [-0.3, -0.25) is 0 Å². The highest BCUT2D eigenvalue weighted by Crippen LogP contribution is 2.15. The summed E-state index contributed by atoms with van der Waals surface area (Å²) in [5, 5.41) is 3.50. The molecule has 1 aliphatic heterocycles. The van der Waals surface area contributed by atoms with Gasteiger partial charge in [0.1, 0.15) is 5.60 Å². The smallest absolute Gasteiger partial charge is 0.331 e. The number of hydrogen-bond acceptors (Lipinski definition) is 4. The van der Waals surface area contributed by atoms with E-state index in [1.165, 1.54) is 0 Å². The van der Waals surface area contributed by atoms with Crippen molar-refractivity contribution in [2.75, 3.05) is 13.1 Å². The fraction of sp³-hybridized carbons (Fsp3) is 0.727. The lowest BCUT2D eigenvalue weighted by molar-refractivity contribution is -0.148. The van der Waals surface area contributed by atoms with E-state index in [4.69, 9.17) is 4.74 Å². The molecule has 0 aromatic carbocycles. The van der Waals surface area contributed by atoms with Gasteiger partial charge in [-0.1, -0.05) is 0 Å². The van der Waals surface area contributed by atoms with Gasteiger partial charge < -0.3 is 10.1 Å². The van der Waals surface area contributed by atoms with Crippen molar-refractivity contribution in [2.24, 2.45) is 0 Å². The molecule has 86 valence electrons. The van der Waals surface area contributed by atoms with E-state index in [1.807, 2.05) is 20.8 Å². The Bertz CT molecular complexity index is 268. The summed E-state index contributed by atoms with van der Waals surface area (Å²) in [4.78, 5) is 11.5. The van der Waals surface area contributed by atoms with Crippen molar-refractivity contribution in [3.63, 3.8) is 0 Å². The molecule has 1 N–H and O–H groups in total. The van der Waals surface area contributed by atoms with Crippen molar-refractivity contribution >= 4 is 18.6 Å². The average Bonchev–Trinajstić information content (AvgIpc) is 1.99. The molecule has 0 aromatic heterocycles. The molecule has 15 heavy (non-hydrogen) atoms. The second-order valence-electron chi connectivity index (χ2n) is 4.82. The minimum Gasteiger partial charge on any atom is -0.457 e. The Kier molecular flexibility index (Phi) is 4.22. The molecule has 0 bridgehead atoms. The van der Waals surface area contributed by atoms with Crippen LogP contribution >= 0.6 is 12.6 Å². The molecule has 1 rings (SSSR count). The van der Waals surface area contributed by atoms with E-state index in [0.717, 1.165) is 25.1 Å². The van der Waals surface area contributed by atoms with Gasteiger partial charge in [0.2, 0.25) is 0 Å². The Hall–Kier alpha value is -0.480. The highest BCUT2D eigenvalue weighted by Gasteiger charge is 2.17. The second kappa shape index (κ2) is 5.03. The number of rotatable bonds is 1. The van der Waals surface area contributed by atoms with Crippen LogP contribution in [0.15, 0.2) is 11.6 Å². The Morgan fingerprint density at radius 2 is 2.27 bits per heavy atom. The molecule has 1 aliphatic rings. The number of thiol groups is 1. The van der Waals surface area contributed by atoms with Crippen molar-refractivity contribution in [2.45, 2.75) is 38.0 Å². The van der Waals surface area contributed by atoms with Crippen LogP contribution in [0.4, 0.5) is 0 Å². The predicted molar refractivity (Wildman–Crippen MR) is 64.2 cm³/mol. The van der Waals surface area contributed by atoms with E-state index in [0.29, 0.717) is 5.25 Å². The van der Waals surface area contributed by atoms with Gasteiger partial charge >= 0.3 is 5.97 Å². The van der Waals surface area contributed by atoms with Crippen molar-refractivity contribution in [1.29, 1.82) is 0 Å². The fourth-order valence-electron chi connectivity index (χ4n) is 1.45. The van der Waals surface area contributed by atoms with Crippen molar-refractivity contribution in [1.82, 2.24) is 5.32 Å². The van der Waals surface area contributed by atoms with Gasteiger partial charge in [0, 0.05) is 24.4 Å². The standard InChI is InChI=1S/C11H19NO2S/c1-11(2,3)14-10(13)5-8-4-9(15)7-12-6-8/h5,9,12,15H,4,6-7H2,1-3H3/b8-5+. The molecule has 0 radical (unpaired) electrons. The molecule has 0 amide bonds. The van der Waals surface area contributed by atoms with Gasteiger partial charge in [-0.25, -0.2) is 4.79 Å². The Labute approximate surface area is 96.7 Å². The minimum atomic E-state index is -0.420. The number of carbonyl (C=O) groups is 1. The van der Waals surface area contributed by atoms with Gasteiger partial charge in [0.25, 0.3) is 0 Å². The first-order valence-electron chi connectivity index (χ1n) is 5.18. The van der Waals surface area contributed by atoms with Crippen molar-refractivity contribution < 1.29 is 9.53 Å². The largest absolute Gasteiger partial charge is 0.457 e. The third-order valence-corrected chi connectivity index (χ3v) is 2.32. The summed E-state index contributed by atoms with van der Waals surface area (Å²) in [7, 11) is 0. The molecular formula is C11H19NO2S. The Balaban J connectivity index is 2.51. The molecule has 3 nitrogen and oxygen atoms in total. The van der Waals surface area contributed by atoms with Crippen molar-refractivity contribution in [3.8, 4) is 0 Å². The molecule has 1 saturated heterocycles. The molecule has 4 heteroatoms. The van der Waals surface area contributed by atoms with E-state index < -0.39 is 5.60 Å². The monoisotopic (exact) mass is 229 g/mol. The lowest BCUT2D eigenvalue weighted by Crippen LogP contribution is -2.33. The molecule has 0 aliphatic carbocycles. The Morgan fingerprint density at radius 1 is 1.60 bits per heavy atom. The zero-order valence-corrected chi connectivity index (χ0v) is 10.4. The molecule has 1 atom stereocenters. The summed E-state index contributed by atoms with van der Waals surface area (Å²) in [6.07, 6.45) is 2.44. The predicted octanol–water partition coefficient (Wildman–Crippen LogP) is 1.55. The maximum absolute atomic E-state index is 11.5. The maximum Gasteiger partial charge on any atom is 0.331 e. The van der Waals surface area contributed by atoms with E-state index in [2.05, 4.69) is 17.9 Å². The summed E-state index contributed by atoms with van der Waals surface area (Å²) in [6, 6.07) is 0. The summed E-state index contributed by atoms with van der Waals surface area (Å²) >= 11 is 4.37. The van der Waals surface area contributed by atoms with Crippen molar-refractivity contribution in [3.05, 3.63) is 11.6 Å². The van der Waals surface area contributed by atoms with Crippen LogP contribution in [0.5, 0.6) is 0 Å². The number of esters is 1. The van der Waals surface area contributed by atoms with Gasteiger partial charge in [-0.2, -0.15) is 12.6 Å². The fourth-order valence-corrected chi connectivity index (χ4v) is 1.82. The van der Waals surface area contributed by atoms with Crippen LogP contribution in [-0.4, -0.2) is 29.9 Å². The van der Waals surface area contributed by atoms with Gasteiger partial charge in [-0.05, 0) is 32.8 Å². The molecule has 1 heterocycles. The quantitative estimate of drug-likeness (QED) is 0.407. The van der Waals surface area contributed by atoms with Crippen LogP contribution < -0.4 is 5.32 Å². The lowest BCUT2D eigenvalue weighted by Gasteiger charge is -2.22. The SMILES string of the molecule is CC(C)(C)OC(=O)/C=C1/CNCC(S)C1. The van der Waals surface area contributed by atoms with Gasteiger partial charge in [-0.15, -0.1) is 0 Å². The number of carbonyl (C=O) groups excluding carboxylic acids is 1. The zero-order chi connectivity index (χ0) is 11.5. The van der Waals surface area contributed by atoms with E-state index in [9.17, 15) is 4.79 Å². The molecular weight excluding hydrogens is 210 g/mol. The minimum absolute atomic E-state index is 0.262. The van der Waals surface area contributed by atoms with E-state index in [1.54, 1.807) is 6.08 Å². The van der Waals surface area contributed by atoms with E-state index >= 15 is 0 Å². The number of hydrogen-bond donors (Lipinski definition) is 2. The molecule has 0 saturated carbocycles. The summed E-state index contributed by atoms with van der Waals surface area (Å²) in [5.74, 6) is -0.262. The van der Waals surface area contributed by atoms with Crippen LogP contribution in [0.1, 0.15) is 27.2 Å². The molecule has 1 unspecified atom stereocenters.